The van der Waals surface area contributed by atoms with Crippen LogP contribution in [0.15, 0.2) is 18.2 Å². The summed E-state index contributed by atoms with van der Waals surface area (Å²) in [4.78, 5) is 1.71. The molecule has 2 atom stereocenters. The Balaban J connectivity index is 2.22. The van der Waals surface area contributed by atoms with Crippen LogP contribution in [0.4, 0.5) is 23.2 Å². The lowest BCUT2D eigenvalue weighted by molar-refractivity contribution is -0.137. The lowest BCUT2D eigenvalue weighted by Crippen LogP contribution is -2.47. The van der Waals surface area contributed by atoms with Crippen LogP contribution in [-0.4, -0.2) is 19.1 Å². The van der Waals surface area contributed by atoms with Crippen LogP contribution in [0.5, 0.6) is 0 Å². The Morgan fingerprint density at radius 1 is 1.32 bits per heavy atom. The second-order valence-electron chi connectivity index (χ2n) is 5.04. The van der Waals surface area contributed by atoms with Gasteiger partial charge in [0.05, 0.1) is 11.3 Å². The monoisotopic (exact) mass is 276 g/mol. The van der Waals surface area contributed by atoms with E-state index in [2.05, 4.69) is 0 Å². The fourth-order valence-corrected chi connectivity index (χ4v) is 2.26. The standard InChI is InChI=1S/C13H16F4N2/c1-8-4-5-19(7-11(8)18)12-3-2-9(6-10(12)14)13(15,16)17/h2-3,6,8,11H,4-5,7,18H2,1H3. The molecule has 1 fully saturated rings. The van der Waals surface area contributed by atoms with Crippen molar-refractivity contribution >= 4 is 5.69 Å². The van der Waals surface area contributed by atoms with E-state index in [1.807, 2.05) is 6.92 Å². The van der Waals surface area contributed by atoms with E-state index < -0.39 is 17.6 Å². The zero-order valence-electron chi connectivity index (χ0n) is 10.5. The summed E-state index contributed by atoms with van der Waals surface area (Å²) in [6.45, 7) is 3.09. The second-order valence-corrected chi connectivity index (χ2v) is 5.04. The van der Waals surface area contributed by atoms with E-state index >= 15 is 0 Å². The smallest absolute Gasteiger partial charge is 0.368 e. The lowest BCUT2D eigenvalue weighted by atomic mass is 9.94. The van der Waals surface area contributed by atoms with Gasteiger partial charge in [-0.3, -0.25) is 0 Å². The van der Waals surface area contributed by atoms with Gasteiger partial charge in [0.25, 0.3) is 0 Å². The van der Waals surface area contributed by atoms with Gasteiger partial charge < -0.3 is 10.6 Å². The van der Waals surface area contributed by atoms with Crippen LogP contribution < -0.4 is 10.6 Å². The molecule has 0 spiro atoms. The van der Waals surface area contributed by atoms with Crippen LogP contribution in [-0.2, 0) is 6.18 Å². The summed E-state index contributed by atoms with van der Waals surface area (Å²) in [5, 5.41) is 0. The Morgan fingerprint density at radius 2 is 2.00 bits per heavy atom. The number of alkyl halides is 3. The molecule has 0 bridgehead atoms. The molecule has 2 rings (SSSR count). The van der Waals surface area contributed by atoms with E-state index in [0.717, 1.165) is 12.5 Å². The zero-order valence-corrected chi connectivity index (χ0v) is 10.5. The maximum atomic E-state index is 13.8. The molecule has 1 aromatic rings. The molecule has 0 radical (unpaired) electrons. The molecule has 2 nitrogen and oxygen atoms in total. The van der Waals surface area contributed by atoms with E-state index in [9.17, 15) is 17.6 Å². The first-order valence-electron chi connectivity index (χ1n) is 6.16. The Hall–Kier alpha value is -1.30. The topological polar surface area (TPSA) is 29.3 Å². The van der Waals surface area contributed by atoms with Crippen LogP contribution in [0.25, 0.3) is 0 Å². The maximum Gasteiger partial charge on any atom is 0.416 e. The SMILES string of the molecule is CC1CCN(c2ccc(C(F)(F)F)cc2F)CC1N. The van der Waals surface area contributed by atoms with Crippen molar-refractivity contribution in [2.75, 3.05) is 18.0 Å². The van der Waals surface area contributed by atoms with Crippen molar-refractivity contribution in [3.05, 3.63) is 29.6 Å². The number of rotatable bonds is 1. The average Bonchev–Trinajstić information content (AvgIpc) is 2.31. The van der Waals surface area contributed by atoms with Crippen molar-refractivity contribution in [1.82, 2.24) is 0 Å². The third kappa shape index (κ3) is 3.00. The van der Waals surface area contributed by atoms with Crippen LogP contribution in [0.2, 0.25) is 0 Å². The van der Waals surface area contributed by atoms with Gasteiger partial charge in [0, 0.05) is 19.1 Å². The summed E-state index contributed by atoms with van der Waals surface area (Å²) in [6, 6.07) is 2.54. The summed E-state index contributed by atoms with van der Waals surface area (Å²) in [5.41, 5.74) is 5.13. The van der Waals surface area contributed by atoms with Crippen molar-refractivity contribution in [1.29, 1.82) is 0 Å². The van der Waals surface area contributed by atoms with Crippen molar-refractivity contribution in [2.24, 2.45) is 11.7 Å². The molecular weight excluding hydrogens is 260 g/mol. The molecule has 19 heavy (non-hydrogen) atoms. The highest BCUT2D eigenvalue weighted by atomic mass is 19.4. The van der Waals surface area contributed by atoms with Crippen LogP contribution >= 0.6 is 0 Å². The molecule has 1 heterocycles. The van der Waals surface area contributed by atoms with Gasteiger partial charge in [-0.15, -0.1) is 0 Å². The molecule has 0 amide bonds. The van der Waals surface area contributed by atoms with Crippen LogP contribution in [0, 0.1) is 11.7 Å². The molecular formula is C13H16F4N2. The van der Waals surface area contributed by atoms with E-state index in [0.29, 0.717) is 25.1 Å². The fourth-order valence-electron chi connectivity index (χ4n) is 2.26. The zero-order chi connectivity index (χ0) is 14.2. The van der Waals surface area contributed by atoms with Gasteiger partial charge in [-0.25, -0.2) is 4.39 Å². The van der Waals surface area contributed by atoms with Gasteiger partial charge in [-0.05, 0) is 30.5 Å². The quantitative estimate of drug-likeness (QED) is 0.799. The van der Waals surface area contributed by atoms with Gasteiger partial charge in [-0.2, -0.15) is 13.2 Å². The number of halogens is 4. The molecule has 2 unspecified atom stereocenters. The first-order valence-corrected chi connectivity index (χ1v) is 6.16. The van der Waals surface area contributed by atoms with Crippen molar-refractivity contribution in [3.63, 3.8) is 0 Å². The Kier molecular flexibility index (Phi) is 3.71. The highest BCUT2D eigenvalue weighted by Gasteiger charge is 2.32. The third-order valence-corrected chi connectivity index (χ3v) is 3.63. The Morgan fingerprint density at radius 3 is 2.53 bits per heavy atom. The minimum atomic E-state index is -4.52. The van der Waals surface area contributed by atoms with Gasteiger partial charge in [0.1, 0.15) is 5.82 Å². The van der Waals surface area contributed by atoms with Gasteiger partial charge in [0.2, 0.25) is 0 Å². The molecule has 6 heteroatoms. The van der Waals surface area contributed by atoms with E-state index in [1.54, 1.807) is 4.90 Å². The number of anilines is 1. The third-order valence-electron chi connectivity index (χ3n) is 3.63. The maximum absolute atomic E-state index is 13.8. The molecule has 106 valence electrons. The minimum absolute atomic E-state index is 0.0876. The van der Waals surface area contributed by atoms with Crippen LogP contribution in [0.1, 0.15) is 18.9 Å². The molecule has 2 N–H and O–H groups in total. The molecule has 1 aliphatic rings. The molecule has 0 saturated carbocycles. The largest absolute Gasteiger partial charge is 0.416 e. The highest BCUT2D eigenvalue weighted by molar-refractivity contribution is 5.50. The summed E-state index contributed by atoms with van der Waals surface area (Å²) in [7, 11) is 0. The Labute approximate surface area is 109 Å². The number of hydrogen-bond acceptors (Lipinski definition) is 2. The summed E-state index contributed by atoms with van der Waals surface area (Å²) >= 11 is 0. The molecule has 1 saturated heterocycles. The Bertz CT molecular complexity index is 458. The molecule has 0 aromatic heterocycles. The number of nitrogens with zero attached hydrogens (tertiary/aromatic N) is 1. The summed E-state index contributed by atoms with van der Waals surface area (Å²) in [6.07, 6.45) is -3.71. The van der Waals surface area contributed by atoms with E-state index in [4.69, 9.17) is 5.73 Å². The van der Waals surface area contributed by atoms with E-state index in [1.165, 1.54) is 6.07 Å². The lowest BCUT2D eigenvalue weighted by Gasteiger charge is -2.36. The molecule has 1 aromatic carbocycles. The van der Waals surface area contributed by atoms with Gasteiger partial charge in [0.15, 0.2) is 0 Å². The molecule has 1 aliphatic heterocycles. The predicted molar refractivity (Wildman–Crippen MR) is 65.4 cm³/mol. The summed E-state index contributed by atoms with van der Waals surface area (Å²) in [5.74, 6) is -0.509. The van der Waals surface area contributed by atoms with Crippen molar-refractivity contribution < 1.29 is 17.6 Å². The number of nitrogens with two attached hydrogens (primary N) is 1. The van der Waals surface area contributed by atoms with Crippen molar-refractivity contribution in [2.45, 2.75) is 25.6 Å². The van der Waals surface area contributed by atoms with E-state index in [-0.39, 0.29) is 11.7 Å². The van der Waals surface area contributed by atoms with Crippen molar-refractivity contribution in [3.8, 4) is 0 Å². The first kappa shape index (κ1) is 14.1. The van der Waals surface area contributed by atoms with Gasteiger partial charge in [-0.1, -0.05) is 6.92 Å². The highest BCUT2D eigenvalue weighted by Crippen LogP contribution is 2.33. The van der Waals surface area contributed by atoms with Crippen LogP contribution in [0.3, 0.4) is 0 Å². The number of benzene rings is 1. The minimum Gasteiger partial charge on any atom is -0.368 e. The fraction of sp³-hybridized carbons (Fsp3) is 0.538. The first-order chi connectivity index (χ1) is 8.79. The number of piperidine rings is 1. The average molecular weight is 276 g/mol. The molecule has 0 aliphatic carbocycles. The second kappa shape index (κ2) is 5.00. The predicted octanol–water partition coefficient (Wildman–Crippen LogP) is 3.02. The van der Waals surface area contributed by atoms with Gasteiger partial charge >= 0.3 is 6.18 Å². The normalized spacial score (nSPS) is 24.6. The number of hydrogen-bond donors (Lipinski definition) is 1. The summed E-state index contributed by atoms with van der Waals surface area (Å²) < 4.78 is 51.2.